The van der Waals surface area contributed by atoms with Crippen LogP contribution in [0.25, 0.3) is 42.3 Å². The molecule has 5 aromatic heterocycles. The number of rotatable bonds is 30. The Balaban J connectivity index is 1.10. The standard InChI is InChI=1S/C65H81BrN4O4S5/c1-10-18-22-41(14-5)36-67-58(49-27-26-40(9)75-49)54-55(63(67)72)59(68(62(54)71)37-42(15-6)23-19-11-2)50-32-30-47(77-50)45-28-29-46(76-45)48-31-33-51(78-48)60-56-57(65(74)69(60)38-43(16-7)24-20-12-3)61(52-34-35-53(66)79-52)70(64(56)73)39-44(17-8)25-21-13-4/h26-35,41-44H,10-25,36-39H2,1-9H3. The molecule has 0 N–H and O–H groups in total. The highest BCUT2D eigenvalue weighted by atomic mass is 79.9. The Morgan fingerprint density at radius 1 is 0.354 bits per heavy atom. The molecule has 0 spiro atoms. The maximum absolute atomic E-state index is 15.3. The zero-order valence-corrected chi connectivity index (χ0v) is 53.7. The summed E-state index contributed by atoms with van der Waals surface area (Å²) in [6, 6.07) is 21.3. The van der Waals surface area contributed by atoms with E-state index in [2.05, 4.69) is 133 Å². The van der Waals surface area contributed by atoms with Gasteiger partial charge in [0.15, 0.2) is 0 Å². The molecule has 0 aromatic carbocycles. The number of fused-ring (bicyclic) bond motifs is 2. The molecule has 8 nitrogen and oxygen atoms in total. The molecule has 4 aliphatic rings. The van der Waals surface area contributed by atoms with Crippen LogP contribution in [0.4, 0.5) is 0 Å². The maximum atomic E-state index is 15.3. The minimum Gasteiger partial charge on any atom is -0.306 e. The molecule has 0 saturated carbocycles. The molecule has 79 heavy (non-hydrogen) atoms. The fourth-order valence-electron chi connectivity index (χ4n) is 12.0. The van der Waals surface area contributed by atoms with Crippen LogP contribution in [0, 0.1) is 30.6 Å². The van der Waals surface area contributed by atoms with E-state index in [4.69, 9.17) is 0 Å². The van der Waals surface area contributed by atoms with Crippen molar-refractivity contribution in [1.29, 1.82) is 0 Å². The number of hydrogen-bond acceptors (Lipinski definition) is 9. The average molecular weight is 1220 g/mol. The molecule has 9 rings (SSSR count). The number of carbonyl (C=O) groups excluding carboxylic acids is 4. The van der Waals surface area contributed by atoms with Gasteiger partial charge in [-0.3, -0.25) is 19.2 Å². The van der Waals surface area contributed by atoms with Gasteiger partial charge in [-0.2, -0.15) is 0 Å². The first kappa shape index (κ1) is 59.4. The van der Waals surface area contributed by atoms with E-state index < -0.39 is 0 Å². The summed E-state index contributed by atoms with van der Waals surface area (Å²) < 4.78 is 0.971. The SMILES string of the molecule is CCCCC(CC)CN1C(=O)C2=C(c3ccc(-c4ccc(-c5ccc(C6=C7C(=O)N(CC(CC)CCCC)C(c8ccc(Br)s8)=C7C(=O)N6CC(CC)CCCC)s5)s4)s3)N(CC(CC)CCCC)C(=O)C2=C1c1ccc(C)s1. The molecule has 0 bridgehead atoms. The summed E-state index contributed by atoms with van der Waals surface area (Å²) in [5.41, 5.74) is 5.34. The van der Waals surface area contributed by atoms with Gasteiger partial charge in [0.2, 0.25) is 0 Å². The Hall–Kier alpha value is -4.18. The van der Waals surface area contributed by atoms with Gasteiger partial charge in [-0.05, 0) is 133 Å². The molecule has 9 heterocycles. The lowest BCUT2D eigenvalue weighted by Gasteiger charge is -2.29. The van der Waals surface area contributed by atoms with Crippen molar-refractivity contribution < 1.29 is 19.2 Å². The lowest BCUT2D eigenvalue weighted by molar-refractivity contribution is -0.124. The van der Waals surface area contributed by atoms with Crippen molar-refractivity contribution in [3.63, 3.8) is 0 Å². The highest BCUT2D eigenvalue weighted by Crippen LogP contribution is 2.53. The molecule has 5 aromatic rings. The van der Waals surface area contributed by atoms with E-state index in [0.717, 1.165) is 173 Å². The second-order valence-corrected chi connectivity index (χ2v) is 29.2. The molecule has 0 fully saturated rings. The van der Waals surface area contributed by atoms with Gasteiger partial charge in [-0.25, -0.2) is 0 Å². The fourth-order valence-corrected chi connectivity index (χ4v) is 17.7. The molecule has 0 radical (unpaired) electrons. The van der Waals surface area contributed by atoms with E-state index in [-0.39, 0.29) is 23.6 Å². The lowest BCUT2D eigenvalue weighted by Crippen LogP contribution is -2.34. The summed E-state index contributed by atoms with van der Waals surface area (Å²) in [4.78, 5) is 78.2. The number of unbranched alkanes of at least 4 members (excludes halogenated alkanes) is 4. The Morgan fingerprint density at radius 2 is 0.608 bits per heavy atom. The van der Waals surface area contributed by atoms with Crippen molar-refractivity contribution in [2.24, 2.45) is 23.7 Å². The van der Waals surface area contributed by atoms with Crippen LogP contribution in [0.15, 0.2) is 86.7 Å². The minimum absolute atomic E-state index is 0.0485. The third-order valence-electron chi connectivity index (χ3n) is 16.8. The van der Waals surface area contributed by atoms with Gasteiger partial charge in [0, 0.05) is 50.6 Å². The van der Waals surface area contributed by atoms with E-state index in [0.29, 0.717) is 72.1 Å². The Morgan fingerprint density at radius 3 is 0.861 bits per heavy atom. The predicted molar refractivity (Wildman–Crippen MR) is 340 cm³/mol. The first-order valence-electron chi connectivity index (χ1n) is 29.7. The summed E-state index contributed by atoms with van der Waals surface area (Å²) in [6.07, 6.45) is 16.8. The van der Waals surface area contributed by atoms with Gasteiger partial charge in [0.05, 0.1) is 68.4 Å². The molecule has 4 amide bonds. The number of carbonyl (C=O) groups is 4. The smallest absolute Gasteiger partial charge is 0.261 e. The van der Waals surface area contributed by atoms with Gasteiger partial charge >= 0.3 is 0 Å². The summed E-state index contributed by atoms with van der Waals surface area (Å²) in [5.74, 6) is 1.07. The molecule has 422 valence electrons. The molecule has 4 aliphatic heterocycles. The van der Waals surface area contributed by atoms with Crippen LogP contribution in [0.3, 0.4) is 0 Å². The molecular formula is C65H81BrN4O4S5. The van der Waals surface area contributed by atoms with Crippen molar-refractivity contribution in [3.05, 3.63) is 111 Å². The minimum atomic E-state index is -0.0619. The normalized spacial score (nSPS) is 17.3. The van der Waals surface area contributed by atoms with E-state index in [9.17, 15) is 0 Å². The molecular weight excluding hydrogens is 1140 g/mol. The Kier molecular flexibility index (Phi) is 20.2. The number of nitrogens with zero attached hydrogens (tertiary/aromatic N) is 4. The monoisotopic (exact) mass is 1220 g/mol. The fraction of sp³-hybridized carbons (Fsp3) is 0.508. The van der Waals surface area contributed by atoms with Gasteiger partial charge in [-0.15, -0.1) is 56.7 Å². The zero-order chi connectivity index (χ0) is 56.1. The Bertz CT molecular complexity index is 2950. The third-order valence-corrected chi connectivity index (χ3v) is 23.1. The number of thiophene rings is 5. The highest BCUT2D eigenvalue weighted by molar-refractivity contribution is 9.11. The quantitative estimate of drug-likeness (QED) is 0.0459. The van der Waals surface area contributed by atoms with Crippen molar-refractivity contribution in [3.8, 4) is 19.5 Å². The average Bonchev–Trinajstić information content (AvgIpc) is 3.15. The molecule has 4 atom stereocenters. The van der Waals surface area contributed by atoms with Crippen LogP contribution >= 0.6 is 72.6 Å². The van der Waals surface area contributed by atoms with Crippen LogP contribution in [0.5, 0.6) is 0 Å². The van der Waals surface area contributed by atoms with Crippen LogP contribution in [0.2, 0.25) is 0 Å². The number of aryl methyl sites for hydroxylation is 1. The van der Waals surface area contributed by atoms with Crippen molar-refractivity contribution in [2.45, 2.75) is 165 Å². The van der Waals surface area contributed by atoms with Gasteiger partial charge in [-0.1, -0.05) is 132 Å². The first-order valence-corrected chi connectivity index (χ1v) is 34.6. The van der Waals surface area contributed by atoms with Crippen molar-refractivity contribution >= 4 is 119 Å². The third kappa shape index (κ3) is 12.2. The van der Waals surface area contributed by atoms with Crippen LogP contribution < -0.4 is 0 Å². The number of amides is 4. The molecule has 4 unspecified atom stereocenters. The van der Waals surface area contributed by atoms with E-state index >= 15 is 19.2 Å². The van der Waals surface area contributed by atoms with E-state index in [1.807, 2.05) is 25.7 Å². The summed E-state index contributed by atoms with van der Waals surface area (Å²) in [6.45, 7) is 22.2. The zero-order valence-electron chi connectivity index (χ0n) is 48.1. The Labute approximate surface area is 499 Å². The van der Waals surface area contributed by atoms with E-state index in [1.54, 1.807) is 56.7 Å². The molecule has 0 aliphatic carbocycles. The van der Waals surface area contributed by atoms with Crippen LogP contribution in [-0.2, 0) is 19.2 Å². The predicted octanol–water partition coefficient (Wildman–Crippen LogP) is 18.9. The van der Waals surface area contributed by atoms with Gasteiger partial charge in [0.25, 0.3) is 23.6 Å². The number of hydrogen-bond donors (Lipinski definition) is 0. The molecule has 14 heteroatoms. The lowest BCUT2D eigenvalue weighted by atomic mass is 9.98. The summed E-state index contributed by atoms with van der Waals surface area (Å²) in [5, 5.41) is 0. The van der Waals surface area contributed by atoms with Crippen molar-refractivity contribution in [2.75, 3.05) is 26.2 Å². The van der Waals surface area contributed by atoms with Crippen LogP contribution in [0.1, 0.15) is 183 Å². The van der Waals surface area contributed by atoms with Gasteiger partial charge in [0.1, 0.15) is 0 Å². The summed E-state index contributed by atoms with van der Waals surface area (Å²) >= 11 is 12.0. The maximum Gasteiger partial charge on any atom is 0.261 e. The second-order valence-electron chi connectivity index (χ2n) is 22.2. The first-order chi connectivity index (χ1) is 38.3. The largest absolute Gasteiger partial charge is 0.306 e. The van der Waals surface area contributed by atoms with Gasteiger partial charge < -0.3 is 19.6 Å². The topological polar surface area (TPSA) is 81.2 Å². The summed E-state index contributed by atoms with van der Waals surface area (Å²) in [7, 11) is 0. The van der Waals surface area contributed by atoms with Crippen LogP contribution in [-0.4, -0.2) is 69.4 Å². The molecule has 0 saturated heterocycles. The van der Waals surface area contributed by atoms with Crippen molar-refractivity contribution in [1.82, 2.24) is 19.6 Å². The second kappa shape index (κ2) is 26.8. The number of halogens is 1. The highest BCUT2D eigenvalue weighted by Gasteiger charge is 2.52. The van der Waals surface area contributed by atoms with E-state index in [1.165, 1.54) is 0 Å².